The fourth-order valence-electron chi connectivity index (χ4n) is 5.09. The average molecular weight is 602 g/mol. The molecule has 0 aromatic heterocycles. The lowest BCUT2D eigenvalue weighted by molar-refractivity contribution is -0.120. The highest BCUT2D eigenvalue weighted by molar-refractivity contribution is 6.23. The van der Waals surface area contributed by atoms with Crippen LogP contribution in [0.4, 0.5) is 4.79 Å². The topological polar surface area (TPSA) is 178 Å². The van der Waals surface area contributed by atoms with Crippen molar-refractivity contribution >= 4 is 23.6 Å². The van der Waals surface area contributed by atoms with Gasteiger partial charge >= 0.3 is 6.09 Å². The van der Waals surface area contributed by atoms with Crippen LogP contribution in [-0.4, -0.2) is 87.4 Å². The summed E-state index contributed by atoms with van der Waals surface area (Å²) in [7, 11) is 4.71. The van der Waals surface area contributed by atoms with Gasteiger partial charge in [-0.25, -0.2) is 4.79 Å². The number of aliphatic hydroxyl groups is 1. The van der Waals surface area contributed by atoms with Crippen molar-refractivity contribution in [1.29, 1.82) is 0 Å². The second-order valence-corrected chi connectivity index (χ2v) is 11.0. The molecule has 2 aliphatic rings. The Balaban J connectivity index is 2.61. The molecule has 1 aliphatic carbocycles. The van der Waals surface area contributed by atoms with Gasteiger partial charge in [0.2, 0.25) is 11.6 Å². The Bertz CT molecular complexity index is 1200. The van der Waals surface area contributed by atoms with Gasteiger partial charge in [-0.1, -0.05) is 38.2 Å². The maximum Gasteiger partial charge on any atom is 0.405 e. The number of primary amides is 1. The van der Waals surface area contributed by atoms with Crippen LogP contribution in [0.15, 0.2) is 58.5 Å². The molecule has 0 radical (unpaired) electrons. The Morgan fingerprint density at radius 1 is 1.14 bits per heavy atom. The molecule has 12 nitrogen and oxygen atoms in total. The molecule has 2 amide bonds. The molecule has 0 fully saturated rings. The van der Waals surface area contributed by atoms with Crippen LogP contribution in [0.5, 0.6) is 0 Å². The van der Waals surface area contributed by atoms with Gasteiger partial charge in [0.1, 0.15) is 6.10 Å². The van der Waals surface area contributed by atoms with Crippen LogP contribution in [0.25, 0.3) is 0 Å². The summed E-state index contributed by atoms with van der Waals surface area (Å²) < 4.78 is 16.6. The van der Waals surface area contributed by atoms with Crippen molar-refractivity contribution in [3.63, 3.8) is 0 Å². The van der Waals surface area contributed by atoms with E-state index in [2.05, 4.69) is 16.0 Å². The quantitative estimate of drug-likeness (QED) is 0.163. The molecule has 0 unspecified atom stereocenters. The minimum atomic E-state index is -0.998. The summed E-state index contributed by atoms with van der Waals surface area (Å²) in [5, 5.41) is 19.9. The number of nitrogens with one attached hydrogen (secondary N) is 3. The summed E-state index contributed by atoms with van der Waals surface area (Å²) in [5.74, 6) is -2.08. The molecule has 12 heteroatoms. The van der Waals surface area contributed by atoms with Gasteiger partial charge in [0.05, 0.1) is 23.6 Å². The van der Waals surface area contributed by atoms with Crippen molar-refractivity contribution in [3.05, 3.63) is 58.5 Å². The number of ketones is 2. The molecule has 0 aromatic rings. The summed E-state index contributed by atoms with van der Waals surface area (Å²) >= 11 is 0. The highest BCUT2D eigenvalue weighted by Crippen LogP contribution is 2.28. The van der Waals surface area contributed by atoms with Gasteiger partial charge in [-0.2, -0.15) is 0 Å². The Kier molecular flexibility index (Phi) is 14.0. The lowest BCUT2D eigenvalue weighted by Gasteiger charge is -2.30. The van der Waals surface area contributed by atoms with Crippen LogP contribution in [0.2, 0.25) is 0 Å². The third-order valence-electron chi connectivity index (χ3n) is 7.47. The molecule has 6 N–H and O–H groups in total. The SMILES string of the molecule is CO[C@H]1/C=C\C=C(/C)C(=O)NC2=CC(=O)C(NCCN[11CH3])=C(C[C@@H](C)C[C@H](OC)[C@H](O)[C@@H](C)/C=C(\C)[C@@H]1OC(N)=O)C2=O. The first-order valence-electron chi connectivity index (χ1n) is 14.3. The van der Waals surface area contributed by atoms with Gasteiger partial charge in [0.15, 0.2) is 6.10 Å². The van der Waals surface area contributed by atoms with Crippen molar-refractivity contribution in [3.8, 4) is 0 Å². The van der Waals surface area contributed by atoms with E-state index < -0.39 is 53.9 Å². The van der Waals surface area contributed by atoms with Crippen LogP contribution < -0.4 is 21.7 Å². The van der Waals surface area contributed by atoms with Crippen LogP contribution in [-0.2, 0) is 28.6 Å². The predicted octanol–water partition coefficient (Wildman–Crippen LogP) is 1.57. The zero-order valence-corrected chi connectivity index (χ0v) is 26.1. The summed E-state index contributed by atoms with van der Waals surface area (Å²) in [5.41, 5.74) is 6.52. The number of Topliss-reactive ketones (excluding diaryl/α,β-unsaturated/α-hetero) is 1. The monoisotopic (exact) mass is 601 g/mol. The van der Waals surface area contributed by atoms with Gasteiger partial charge in [0.25, 0.3) is 5.91 Å². The number of rotatable bonds is 7. The maximum absolute atomic E-state index is 13.6. The van der Waals surface area contributed by atoms with Gasteiger partial charge in [-0.3, -0.25) is 14.4 Å². The second kappa shape index (κ2) is 16.9. The molecule has 1 aliphatic heterocycles. The Morgan fingerprint density at radius 3 is 2.44 bits per heavy atom. The molecular weight excluding hydrogens is 555 g/mol. The number of allylic oxidation sites excluding steroid dienone is 4. The van der Waals surface area contributed by atoms with Gasteiger partial charge in [0, 0.05) is 50.4 Å². The number of methoxy groups -OCH3 is 2. The maximum atomic E-state index is 13.6. The lowest BCUT2D eigenvalue weighted by atomic mass is 9.85. The number of amides is 2. The Labute approximate surface area is 253 Å². The number of hydrogen-bond acceptors (Lipinski definition) is 10. The number of carbonyl (C=O) groups excluding carboxylic acids is 4. The smallest absolute Gasteiger partial charge is 0.405 e. The molecule has 238 valence electrons. The van der Waals surface area contributed by atoms with E-state index in [-0.39, 0.29) is 34.9 Å². The molecule has 43 heavy (non-hydrogen) atoms. The molecule has 0 saturated heterocycles. The molecule has 0 saturated carbocycles. The molecule has 2 rings (SSSR count). The zero-order chi connectivity index (χ0) is 32.3. The summed E-state index contributed by atoms with van der Waals surface area (Å²) in [4.78, 5) is 51.5. The van der Waals surface area contributed by atoms with Crippen LogP contribution in [0.3, 0.4) is 0 Å². The number of carbonyl (C=O) groups is 4. The molecule has 1 heterocycles. The first kappa shape index (κ1) is 35.6. The fraction of sp³-hybridized carbons (Fsp3) is 0.548. The minimum absolute atomic E-state index is 0.118. The van der Waals surface area contributed by atoms with E-state index in [1.807, 2.05) is 13.8 Å². The summed E-state index contributed by atoms with van der Waals surface area (Å²) in [6.07, 6.45) is 3.86. The lowest BCUT2D eigenvalue weighted by Crippen LogP contribution is -2.38. The second-order valence-electron chi connectivity index (χ2n) is 11.0. The number of fused-ring (bicyclic) bond motifs is 2. The third kappa shape index (κ3) is 9.99. The Hall–Kier alpha value is -3.58. The Morgan fingerprint density at radius 2 is 1.84 bits per heavy atom. The van der Waals surface area contributed by atoms with E-state index in [0.717, 1.165) is 6.08 Å². The molecule has 6 atom stereocenters. The summed E-state index contributed by atoms with van der Waals surface area (Å²) in [6.45, 7) is 7.98. The number of aliphatic hydroxyl groups excluding tert-OH is 1. The van der Waals surface area contributed by atoms with E-state index in [9.17, 15) is 24.3 Å². The van der Waals surface area contributed by atoms with Crippen molar-refractivity contribution in [2.75, 3.05) is 34.4 Å². The van der Waals surface area contributed by atoms with Gasteiger partial charge < -0.3 is 41.0 Å². The first-order valence-corrected chi connectivity index (χ1v) is 14.3. The van der Waals surface area contributed by atoms with Crippen molar-refractivity contribution < 1.29 is 38.5 Å². The predicted molar refractivity (Wildman–Crippen MR) is 161 cm³/mol. The largest absolute Gasteiger partial charge is 0.439 e. The normalized spacial score (nSPS) is 31.3. The van der Waals surface area contributed by atoms with E-state index in [1.54, 1.807) is 39.1 Å². The molecule has 2 bridgehead atoms. The summed E-state index contributed by atoms with van der Waals surface area (Å²) in [6, 6.07) is 0. The first-order chi connectivity index (χ1) is 20.3. The average Bonchev–Trinajstić information content (AvgIpc) is 2.95. The minimum Gasteiger partial charge on any atom is -0.439 e. The van der Waals surface area contributed by atoms with Crippen LogP contribution in [0.1, 0.15) is 40.5 Å². The number of hydrogen-bond donors (Lipinski definition) is 5. The standard InChI is InChI=1S/C31H46N4O8/c1-17-13-21-26(34-12-11-33-5)23(36)16-22(28(21)38)35-30(39)18(2)9-8-10-24(41-6)29(43-31(32)40)20(4)15-19(3)27(37)25(14-17)42-7/h8-10,15-17,19,24-25,27,29,33-34,37H,11-14H2,1-7H3,(H2,32,40)(H,35,39)/b10-8-,18-9+,20-15+/t17-,19+,24+,25+,27-,29+/m1/s1/i5-1. The number of likely N-dealkylation sites (N-methyl/N-ethyl adjacent to an activating group) is 1. The van der Waals surface area contributed by atoms with E-state index in [0.29, 0.717) is 25.1 Å². The van der Waals surface area contributed by atoms with Gasteiger partial charge in [-0.05, 0) is 45.2 Å². The highest BCUT2D eigenvalue weighted by atomic mass is 16.6. The zero-order valence-electron chi connectivity index (χ0n) is 26.1. The van der Waals surface area contributed by atoms with E-state index >= 15 is 0 Å². The number of nitrogens with two attached hydrogens (primary N) is 1. The molecule has 0 aromatic carbocycles. The van der Waals surface area contributed by atoms with E-state index in [4.69, 9.17) is 19.9 Å². The van der Waals surface area contributed by atoms with Crippen molar-refractivity contribution in [2.45, 2.75) is 65.0 Å². The van der Waals surface area contributed by atoms with Crippen molar-refractivity contribution in [1.82, 2.24) is 16.0 Å². The molecule has 0 spiro atoms. The van der Waals surface area contributed by atoms with Crippen LogP contribution in [0, 0.1) is 11.8 Å². The van der Waals surface area contributed by atoms with Crippen LogP contribution >= 0.6 is 0 Å². The van der Waals surface area contributed by atoms with E-state index in [1.165, 1.54) is 20.3 Å². The number of ether oxygens (including phenoxy) is 3. The molecular formula is C31H46N4O8. The highest BCUT2D eigenvalue weighted by Gasteiger charge is 2.33. The van der Waals surface area contributed by atoms with Crippen molar-refractivity contribution in [2.24, 2.45) is 17.6 Å². The third-order valence-corrected chi connectivity index (χ3v) is 7.47. The fourth-order valence-corrected chi connectivity index (χ4v) is 5.09. The van der Waals surface area contributed by atoms with Gasteiger partial charge in [-0.15, -0.1) is 0 Å².